The van der Waals surface area contributed by atoms with Crippen LogP contribution >= 0.6 is 0 Å². The van der Waals surface area contributed by atoms with Crippen molar-refractivity contribution in [3.63, 3.8) is 0 Å². The lowest BCUT2D eigenvalue weighted by atomic mass is 9.88. The van der Waals surface area contributed by atoms with E-state index in [9.17, 15) is 9.59 Å². The predicted molar refractivity (Wildman–Crippen MR) is 134 cm³/mol. The molecule has 35 heavy (non-hydrogen) atoms. The van der Waals surface area contributed by atoms with E-state index in [-0.39, 0.29) is 12.1 Å². The third-order valence-corrected chi connectivity index (χ3v) is 4.79. The van der Waals surface area contributed by atoms with Crippen molar-refractivity contribution in [3.05, 3.63) is 0 Å². The maximum atomic E-state index is 11.9. The van der Waals surface area contributed by atoms with Crippen molar-refractivity contribution in [1.29, 1.82) is 0 Å². The van der Waals surface area contributed by atoms with Crippen LogP contribution in [0.25, 0.3) is 0 Å². The number of carbonyl (C=O) groups excluding carboxylic acids is 2. The summed E-state index contributed by atoms with van der Waals surface area (Å²) in [5.74, 6) is 0. The number of rotatable bonds is 24. The van der Waals surface area contributed by atoms with Gasteiger partial charge in [0.1, 0.15) is 0 Å². The third-order valence-electron chi connectivity index (χ3n) is 4.79. The van der Waals surface area contributed by atoms with Gasteiger partial charge in [0.05, 0.1) is 52.9 Å². The van der Waals surface area contributed by atoms with Crippen molar-refractivity contribution in [3.8, 4) is 0 Å². The molecule has 0 spiro atoms. The molecular formula is C21H48N8O6. The Morgan fingerprint density at radius 2 is 0.886 bits per heavy atom. The molecule has 4 amide bonds. The topological polar surface area (TPSA) is 223 Å². The normalized spacial score (nSPS) is 11.3. The van der Waals surface area contributed by atoms with E-state index in [2.05, 4.69) is 21.3 Å². The van der Waals surface area contributed by atoms with E-state index in [1.807, 2.05) is 0 Å². The van der Waals surface area contributed by atoms with Crippen molar-refractivity contribution in [2.75, 3.05) is 98.7 Å². The summed E-state index contributed by atoms with van der Waals surface area (Å²) in [6.07, 6.45) is 1.62. The average molecular weight is 509 g/mol. The number of carbonyl (C=O) groups is 2. The summed E-state index contributed by atoms with van der Waals surface area (Å²) in [6.45, 7) is 6.51. The van der Waals surface area contributed by atoms with Gasteiger partial charge in [-0.3, -0.25) is 0 Å². The minimum Gasteiger partial charge on any atom is -0.378 e. The summed E-state index contributed by atoms with van der Waals surface area (Å²) in [5, 5.41) is 11.0. The second-order valence-electron chi connectivity index (χ2n) is 7.79. The van der Waals surface area contributed by atoms with E-state index >= 15 is 0 Å². The highest BCUT2D eigenvalue weighted by Gasteiger charge is 2.24. The van der Waals surface area contributed by atoms with Crippen LogP contribution in [0, 0.1) is 0 Å². The van der Waals surface area contributed by atoms with Crippen LogP contribution in [0.2, 0.25) is 0 Å². The monoisotopic (exact) mass is 508 g/mol. The Kier molecular flexibility index (Phi) is 22.7. The number of amides is 4. The highest BCUT2D eigenvalue weighted by molar-refractivity contribution is 5.74. The standard InChI is InChI=1S/C21H48N8O6/c22-4-1-21(25,2-7-26-19(30)28-9-13-34-17-15-32-11-5-23)3-8-27-20(31)29-10-14-35-18-16-33-12-6-24/h1-18,22-25H2,(H2,26,28,30)(H2,27,29,31). The Bertz CT molecular complexity index is 480. The molecule has 0 rings (SSSR count). The number of urea groups is 2. The van der Waals surface area contributed by atoms with Crippen LogP contribution in [0.1, 0.15) is 19.3 Å². The van der Waals surface area contributed by atoms with E-state index in [1.54, 1.807) is 0 Å². The maximum absolute atomic E-state index is 11.9. The minimum absolute atomic E-state index is 0.297. The summed E-state index contributed by atoms with van der Waals surface area (Å²) >= 11 is 0. The predicted octanol–water partition coefficient (Wildman–Crippen LogP) is -2.60. The molecular weight excluding hydrogens is 460 g/mol. The molecule has 0 fully saturated rings. The fourth-order valence-electron chi connectivity index (χ4n) is 2.92. The lowest BCUT2D eigenvalue weighted by Crippen LogP contribution is -2.49. The summed E-state index contributed by atoms with van der Waals surface area (Å²) in [7, 11) is 0. The first-order chi connectivity index (χ1) is 17.0. The molecule has 0 saturated heterocycles. The maximum Gasteiger partial charge on any atom is 0.314 e. The van der Waals surface area contributed by atoms with Crippen molar-refractivity contribution in [2.45, 2.75) is 24.8 Å². The van der Waals surface area contributed by atoms with Crippen LogP contribution in [0.5, 0.6) is 0 Å². The van der Waals surface area contributed by atoms with Gasteiger partial charge >= 0.3 is 12.1 Å². The van der Waals surface area contributed by atoms with Gasteiger partial charge in [0.15, 0.2) is 0 Å². The molecule has 0 aromatic rings. The molecule has 0 bridgehead atoms. The van der Waals surface area contributed by atoms with E-state index in [0.29, 0.717) is 118 Å². The molecule has 208 valence electrons. The Morgan fingerprint density at radius 3 is 1.26 bits per heavy atom. The molecule has 0 aromatic carbocycles. The van der Waals surface area contributed by atoms with Crippen LogP contribution in [0.4, 0.5) is 9.59 Å². The molecule has 0 saturated carbocycles. The third kappa shape index (κ3) is 22.4. The largest absolute Gasteiger partial charge is 0.378 e. The van der Waals surface area contributed by atoms with E-state index in [1.165, 1.54) is 0 Å². The summed E-state index contributed by atoms with van der Waals surface area (Å²) in [4.78, 5) is 23.8. The van der Waals surface area contributed by atoms with Gasteiger partial charge in [-0.1, -0.05) is 0 Å². The van der Waals surface area contributed by atoms with Crippen molar-refractivity contribution >= 4 is 12.1 Å². The highest BCUT2D eigenvalue weighted by atomic mass is 16.5. The zero-order valence-electron chi connectivity index (χ0n) is 21.0. The first-order valence-electron chi connectivity index (χ1n) is 12.2. The Morgan fingerprint density at radius 1 is 0.514 bits per heavy atom. The second kappa shape index (κ2) is 23.9. The number of hydrogen-bond acceptors (Lipinski definition) is 10. The Hall–Kier alpha value is -1.78. The molecule has 0 aliphatic heterocycles. The van der Waals surface area contributed by atoms with Crippen LogP contribution in [0.15, 0.2) is 0 Å². The van der Waals surface area contributed by atoms with E-state index in [0.717, 1.165) is 0 Å². The van der Waals surface area contributed by atoms with Gasteiger partial charge in [0.25, 0.3) is 0 Å². The second-order valence-corrected chi connectivity index (χ2v) is 7.79. The Labute approximate surface area is 208 Å². The summed E-state index contributed by atoms with van der Waals surface area (Å²) < 4.78 is 21.1. The molecule has 0 unspecified atom stereocenters. The van der Waals surface area contributed by atoms with E-state index in [4.69, 9.17) is 41.9 Å². The van der Waals surface area contributed by atoms with Crippen molar-refractivity contribution in [2.24, 2.45) is 22.9 Å². The molecule has 0 radical (unpaired) electrons. The molecule has 0 heterocycles. The first kappa shape index (κ1) is 33.2. The number of nitrogens with one attached hydrogen (secondary N) is 4. The molecule has 0 aliphatic carbocycles. The van der Waals surface area contributed by atoms with Gasteiger partial charge in [-0.15, -0.1) is 0 Å². The zero-order valence-corrected chi connectivity index (χ0v) is 21.0. The van der Waals surface area contributed by atoms with Gasteiger partial charge in [-0.05, 0) is 25.8 Å². The van der Waals surface area contributed by atoms with Gasteiger partial charge in [-0.25, -0.2) is 9.59 Å². The number of nitrogens with two attached hydrogens (primary N) is 4. The van der Waals surface area contributed by atoms with Gasteiger partial charge in [0, 0.05) is 44.8 Å². The van der Waals surface area contributed by atoms with Crippen molar-refractivity contribution < 1.29 is 28.5 Å². The summed E-state index contributed by atoms with van der Waals surface area (Å²) in [5.41, 5.74) is 22.2. The number of hydrogen-bond donors (Lipinski definition) is 8. The molecule has 0 aliphatic rings. The molecule has 0 aromatic heterocycles. The van der Waals surface area contributed by atoms with Crippen molar-refractivity contribution in [1.82, 2.24) is 21.3 Å². The fourth-order valence-corrected chi connectivity index (χ4v) is 2.92. The van der Waals surface area contributed by atoms with Gasteiger partial charge < -0.3 is 63.1 Å². The quantitative estimate of drug-likeness (QED) is 0.0634. The fraction of sp³-hybridized carbons (Fsp3) is 0.905. The van der Waals surface area contributed by atoms with Gasteiger partial charge in [-0.2, -0.15) is 0 Å². The smallest absolute Gasteiger partial charge is 0.314 e. The SMILES string of the molecule is NCCOCCOCCNC(=O)NCCC(N)(CCN)CCNC(=O)NCCOCCOCCN. The number of ether oxygens (including phenoxy) is 4. The average Bonchev–Trinajstić information content (AvgIpc) is 2.82. The zero-order chi connectivity index (χ0) is 26.0. The Balaban J connectivity index is 3.87. The van der Waals surface area contributed by atoms with Crippen LogP contribution in [-0.2, 0) is 18.9 Å². The van der Waals surface area contributed by atoms with Crippen LogP contribution in [0.3, 0.4) is 0 Å². The highest BCUT2D eigenvalue weighted by Crippen LogP contribution is 2.15. The van der Waals surface area contributed by atoms with E-state index < -0.39 is 5.54 Å². The lowest BCUT2D eigenvalue weighted by molar-refractivity contribution is 0.0524. The molecule has 14 heteroatoms. The van der Waals surface area contributed by atoms with Gasteiger partial charge in [0.2, 0.25) is 0 Å². The molecule has 0 atom stereocenters. The lowest BCUT2D eigenvalue weighted by Gasteiger charge is -2.29. The van der Waals surface area contributed by atoms with Crippen LogP contribution in [-0.4, -0.2) is 116 Å². The molecule has 14 nitrogen and oxygen atoms in total. The first-order valence-corrected chi connectivity index (χ1v) is 12.2. The summed E-state index contributed by atoms with van der Waals surface area (Å²) in [6, 6.07) is -0.595. The van der Waals surface area contributed by atoms with Crippen LogP contribution < -0.4 is 44.2 Å². The minimum atomic E-state index is -0.603. The molecule has 12 N–H and O–H groups in total.